The first-order chi connectivity index (χ1) is 40.3. The summed E-state index contributed by atoms with van der Waals surface area (Å²) in [6, 6.07) is 0. The van der Waals surface area contributed by atoms with Crippen LogP contribution in [0.3, 0.4) is 0 Å². The van der Waals surface area contributed by atoms with Crippen LogP contribution in [0.2, 0.25) is 0 Å². The quantitative estimate of drug-likeness (QED) is 0.0830. The predicted molar refractivity (Wildman–Crippen MR) is 288 cm³/mol. The summed E-state index contributed by atoms with van der Waals surface area (Å²) in [6.07, 6.45) is -38.4. The van der Waals surface area contributed by atoms with E-state index < -0.39 is 196 Å². The molecule has 0 amide bonds. The van der Waals surface area contributed by atoms with Gasteiger partial charge in [-0.3, -0.25) is 0 Å². The Balaban J connectivity index is 0.915. The molecular weight excluding hydrogens is 1140 g/mol. The number of carboxylic acid groups (broad SMARTS) is 1. The van der Waals surface area contributed by atoms with Crippen molar-refractivity contribution in [2.75, 3.05) is 26.4 Å². The van der Waals surface area contributed by atoms with E-state index in [1.165, 1.54) is 6.92 Å². The Bertz CT molecular complexity index is 2410. The minimum Gasteiger partial charge on any atom is -0.479 e. The molecule has 34 atom stereocenters. The number of ether oxygens (including phenoxy) is 11. The summed E-state index contributed by atoms with van der Waals surface area (Å²) in [5.74, 6) is -1.34. The first-order valence-corrected chi connectivity index (χ1v) is 31.0. The van der Waals surface area contributed by atoms with E-state index in [9.17, 15) is 81.4 Å². The van der Waals surface area contributed by atoms with Gasteiger partial charge in [-0.05, 0) is 111 Å². The van der Waals surface area contributed by atoms with Gasteiger partial charge >= 0.3 is 5.97 Å². The SMILES string of the molecule is C[C@@H]1O[C@@H](O[C@H]2[C@H](O[C@H]3[C@H](O)[C@@H](C(=O)O)O[C@@H](O[C@H]4CC[C@]5(C)[C@H]6CC[C@]78OC[C@@]9(CCC(C)(C)C[C@@H]97)[C@H](O)C[C@@]8(C)[C@]6(C)CC[C@H]5C4(C)C)[C@@H]3O[C@@H]3O[C@H](CO)[C@@H](O[C@@H]4OC[C@@H](O)[C@H](O)[C@H]4O)[C@H](O)[C@H]3O)O[C@H](CO)[C@H](O)[C@@H]2O)[C@H](O)[C@H](O)[C@H]1O. The summed E-state index contributed by atoms with van der Waals surface area (Å²) < 4.78 is 68.3. The smallest absolute Gasteiger partial charge is 0.335 e. The lowest BCUT2D eigenvalue weighted by atomic mass is 9.30. The molecule has 6 saturated heterocycles. The molecule has 0 unspecified atom stereocenters. The van der Waals surface area contributed by atoms with Crippen LogP contribution in [0.5, 0.6) is 0 Å². The van der Waals surface area contributed by atoms with Gasteiger partial charge in [-0.15, -0.1) is 0 Å². The maximum Gasteiger partial charge on any atom is 0.335 e. The average Bonchev–Trinajstić information content (AvgIpc) is 1.30. The van der Waals surface area contributed by atoms with Gasteiger partial charge in [-0.1, -0.05) is 48.5 Å². The van der Waals surface area contributed by atoms with Crippen LogP contribution in [0.25, 0.3) is 0 Å². The van der Waals surface area contributed by atoms with E-state index in [-0.39, 0.29) is 44.8 Å². The van der Waals surface area contributed by atoms with E-state index in [0.717, 1.165) is 44.9 Å². The molecule has 5 saturated carbocycles. The normalized spacial score (nSPS) is 56.8. The second kappa shape index (κ2) is 23.5. The minimum absolute atomic E-state index is 0.0282. The zero-order chi connectivity index (χ0) is 62.5. The number of fused-ring (bicyclic) bond motifs is 4. The fourth-order valence-electron chi connectivity index (χ4n) is 19.1. The first-order valence-electron chi connectivity index (χ1n) is 31.0. The van der Waals surface area contributed by atoms with Crippen molar-refractivity contribution in [2.45, 2.75) is 285 Å². The molecule has 86 heavy (non-hydrogen) atoms. The van der Waals surface area contributed by atoms with Gasteiger partial charge < -0.3 is 129 Å². The van der Waals surface area contributed by atoms with E-state index in [1.54, 1.807) is 0 Å². The Hall–Kier alpha value is -1.53. The third kappa shape index (κ3) is 10.2. The van der Waals surface area contributed by atoms with Crippen LogP contribution in [0.1, 0.15) is 120 Å². The molecule has 6 heterocycles. The topological polar surface area (TPSA) is 422 Å². The largest absolute Gasteiger partial charge is 0.479 e. The summed E-state index contributed by atoms with van der Waals surface area (Å²) in [4.78, 5) is 13.3. The van der Waals surface area contributed by atoms with Crippen LogP contribution in [0, 0.1) is 50.2 Å². The Kier molecular flexibility index (Phi) is 18.0. The van der Waals surface area contributed by atoms with Crippen molar-refractivity contribution in [3.63, 3.8) is 0 Å². The molecule has 0 radical (unpaired) electrons. The van der Waals surface area contributed by atoms with Gasteiger partial charge in [-0.2, -0.15) is 0 Å². The molecule has 0 aromatic rings. The van der Waals surface area contributed by atoms with E-state index in [4.69, 9.17) is 52.1 Å². The van der Waals surface area contributed by atoms with Crippen LogP contribution in [0.4, 0.5) is 0 Å². The lowest BCUT2D eigenvalue weighted by molar-refractivity contribution is -0.409. The van der Waals surface area contributed by atoms with E-state index in [2.05, 4.69) is 48.5 Å². The highest BCUT2D eigenvalue weighted by Gasteiger charge is 2.80. The van der Waals surface area contributed by atoms with Gasteiger partial charge in [0.1, 0.15) is 104 Å². The van der Waals surface area contributed by atoms with Gasteiger partial charge in [0.05, 0.1) is 50.3 Å². The lowest BCUT2D eigenvalue weighted by Crippen LogP contribution is -2.74. The summed E-state index contributed by atoms with van der Waals surface area (Å²) in [5.41, 5.74) is -2.22. The molecule has 0 aromatic carbocycles. The molecule has 5 aliphatic carbocycles. The molecular formula is C59H96O27. The molecule has 11 fully saturated rings. The zero-order valence-electron chi connectivity index (χ0n) is 50.2. The predicted octanol–water partition coefficient (Wildman–Crippen LogP) is -2.77. The summed E-state index contributed by atoms with van der Waals surface area (Å²) in [7, 11) is 0. The molecule has 494 valence electrons. The highest BCUT2D eigenvalue weighted by atomic mass is 16.8. The fourth-order valence-corrected chi connectivity index (χ4v) is 19.1. The number of rotatable bonds is 13. The number of hydrogen-bond donors (Lipinski definition) is 15. The standard InChI is InChI=1S/C59H96O27/c1-23-32(64)35(67)39(71)49(78-23)85-45-36(68)34(66)25(19-60)79-51(45)83-43-41(73)44(47(74)75)84-52(46(43)86-50-40(72)37(69)42(26(20-61)80-50)82-48-38(70)33(65)24(62)21-76-48)81-31-11-12-55(6)27(54(31,4)5)9-13-56(7)28(55)10-14-59-29-17-53(2,3)15-16-58(29,22-77-59)30(63)18-57(56,59)8/h23-46,48-52,60-73H,9-22H2,1-8H3,(H,74,75)/t23-,24+,25+,26+,27-,28+,29-,30+,31-,32-,33-,34-,35+,36-,37+,38+,39+,40+,41-,42+,43-,44-,45+,46+,48-,49-,50-,51-,52+,55-,56+,57-,58+,59-/m0/s1. The van der Waals surface area contributed by atoms with Gasteiger partial charge in [0, 0.05) is 10.8 Å². The van der Waals surface area contributed by atoms with Crippen LogP contribution >= 0.6 is 0 Å². The van der Waals surface area contributed by atoms with Crippen LogP contribution in [-0.4, -0.2) is 274 Å². The average molecular weight is 1240 g/mol. The Morgan fingerprint density at radius 3 is 1.79 bits per heavy atom. The number of aliphatic hydroxyl groups excluding tert-OH is 14. The molecule has 6 aliphatic heterocycles. The van der Waals surface area contributed by atoms with Crippen LogP contribution in [0.15, 0.2) is 0 Å². The molecule has 0 aromatic heterocycles. The van der Waals surface area contributed by atoms with E-state index in [1.807, 2.05) is 0 Å². The molecule has 2 bridgehead atoms. The van der Waals surface area contributed by atoms with Gasteiger partial charge in [0.2, 0.25) is 0 Å². The van der Waals surface area contributed by atoms with Crippen molar-refractivity contribution in [3.8, 4) is 0 Å². The minimum atomic E-state index is -2.30. The third-order valence-electron chi connectivity index (χ3n) is 24.3. The first kappa shape index (κ1) is 65.9. The third-order valence-corrected chi connectivity index (χ3v) is 24.3. The Morgan fingerprint density at radius 2 is 1.10 bits per heavy atom. The summed E-state index contributed by atoms with van der Waals surface area (Å²) in [6.45, 7) is 15.5. The van der Waals surface area contributed by atoms with Gasteiger partial charge in [-0.25, -0.2) is 4.79 Å². The molecule has 27 heteroatoms. The maximum atomic E-state index is 13.3. The molecule has 15 N–H and O–H groups in total. The summed E-state index contributed by atoms with van der Waals surface area (Å²) >= 11 is 0. The van der Waals surface area contributed by atoms with Crippen molar-refractivity contribution < 1.29 is 133 Å². The van der Waals surface area contributed by atoms with E-state index in [0.29, 0.717) is 25.9 Å². The number of aliphatic carboxylic acids is 1. The van der Waals surface area contributed by atoms with Crippen LogP contribution in [-0.2, 0) is 56.9 Å². The number of carboxylic acids is 1. The Labute approximate surface area is 499 Å². The second-order valence-electron chi connectivity index (χ2n) is 29.5. The zero-order valence-corrected chi connectivity index (χ0v) is 50.2. The second-order valence-corrected chi connectivity index (χ2v) is 29.5. The van der Waals surface area contributed by atoms with Crippen molar-refractivity contribution in [1.29, 1.82) is 0 Å². The molecule has 27 nitrogen and oxygen atoms in total. The van der Waals surface area contributed by atoms with Crippen molar-refractivity contribution in [3.05, 3.63) is 0 Å². The molecule has 11 rings (SSSR count). The fraction of sp³-hybridized carbons (Fsp3) is 0.983. The highest BCUT2D eigenvalue weighted by Crippen LogP contribution is 2.80. The van der Waals surface area contributed by atoms with Crippen molar-refractivity contribution >= 4 is 5.97 Å². The van der Waals surface area contributed by atoms with Gasteiger partial charge in [0.25, 0.3) is 0 Å². The van der Waals surface area contributed by atoms with Crippen LogP contribution < -0.4 is 0 Å². The highest BCUT2D eigenvalue weighted by molar-refractivity contribution is 5.73. The molecule has 11 aliphatic rings. The van der Waals surface area contributed by atoms with Crippen molar-refractivity contribution in [1.82, 2.24) is 0 Å². The number of aliphatic hydroxyl groups is 14. The molecule has 1 spiro atoms. The maximum absolute atomic E-state index is 13.3. The van der Waals surface area contributed by atoms with Crippen molar-refractivity contribution in [2.24, 2.45) is 50.2 Å². The summed E-state index contributed by atoms with van der Waals surface area (Å²) in [5, 5.41) is 166. The Morgan fingerprint density at radius 1 is 0.512 bits per heavy atom. The number of carbonyl (C=O) groups is 1. The lowest BCUT2D eigenvalue weighted by Gasteiger charge is -2.75. The van der Waals surface area contributed by atoms with E-state index >= 15 is 0 Å². The van der Waals surface area contributed by atoms with Gasteiger partial charge in [0.15, 0.2) is 37.6 Å². The number of hydrogen-bond acceptors (Lipinski definition) is 26. The monoisotopic (exact) mass is 1240 g/mol.